The van der Waals surface area contributed by atoms with E-state index >= 15 is 0 Å². The van der Waals surface area contributed by atoms with Gasteiger partial charge in [-0.25, -0.2) is 4.79 Å². The number of nitrogens with zero attached hydrogens (tertiary/aromatic N) is 1. The van der Waals surface area contributed by atoms with Crippen LogP contribution in [0.2, 0.25) is 0 Å². The SMILES string of the molecule is COc1ccc([C@@H](CCN2CCCCC2)c2c(OC)cc(OC)c3ccc(=O)oc23)cc1. The summed E-state index contributed by atoms with van der Waals surface area (Å²) in [7, 11) is 4.91. The summed E-state index contributed by atoms with van der Waals surface area (Å²) in [5, 5.41) is 0.763. The molecule has 0 N–H and O–H groups in total. The van der Waals surface area contributed by atoms with Crippen molar-refractivity contribution in [1.82, 2.24) is 4.90 Å². The molecule has 2 heterocycles. The van der Waals surface area contributed by atoms with Gasteiger partial charge in [-0.1, -0.05) is 18.6 Å². The Labute approximate surface area is 188 Å². The molecule has 0 amide bonds. The number of benzene rings is 2. The van der Waals surface area contributed by atoms with Crippen LogP contribution in [0.3, 0.4) is 0 Å². The van der Waals surface area contributed by atoms with Crippen molar-refractivity contribution in [2.45, 2.75) is 31.6 Å². The third-order valence-electron chi connectivity index (χ3n) is 6.36. The highest BCUT2D eigenvalue weighted by Crippen LogP contribution is 2.43. The smallest absolute Gasteiger partial charge is 0.336 e. The van der Waals surface area contributed by atoms with E-state index in [1.54, 1.807) is 27.4 Å². The number of hydrogen-bond donors (Lipinski definition) is 0. The van der Waals surface area contributed by atoms with Gasteiger partial charge in [-0.15, -0.1) is 0 Å². The van der Waals surface area contributed by atoms with Crippen LogP contribution in [-0.4, -0.2) is 45.9 Å². The van der Waals surface area contributed by atoms with Crippen LogP contribution in [0.4, 0.5) is 0 Å². The van der Waals surface area contributed by atoms with Crippen molar-refractivity contribution >= 4 is 11.0 Å². The van der Waals surface area contributed by atoms with Crippen LogP contribution in [0.15, 0.2) is 51.7 Å². The van der Waals surface area contributed by atoms with Crippen LogP contribution in [0.1, 0.15) is 42.7 Å². The van der Waals surface area contributed by atoms with Crippen LogP contribution in [0.25, 0.3) is 11.0 Å². The van der Waals surface area contributed by atoms with Gasteiger partial charge in [-0.2, -0.15) is 0 Å². The molecule has 1 aromatic heterocycles. The summed E-state index contributed by atoms with van der Waals surface area (Å²) < 4.78 is 22.5. The molecule has 6 heteroatoms. The molecule has 0 radical (unpaired) electrons. The lowest BCUT2D eigenvalue weighted by atomic mass is 9.86. The number of fused-ring (bicyclic) bond motifs is 1. The van der Waals surface area contributed by atoms with Crippen LogP contribution < -0.4 is 19.8 Å². The molecule has 1 aliphatic rings. The first-order valence-corrected chi connectivity index (χ1v) is 11.2. The van der Waals surface area contributed by atoms with Crippen molar-refractivity contribution in [3.8, 4) is 17.2 Å². The zero-order valence-electron chi connectivity index (χ0n) is 19.1. The maximum Gasteiger partial charge on any atom is 0.336 e. The van der Waals surface area contributed by atoms with Crippen molar-refractivity contribution < 1.29 is 18.6 Å². The monoisotopic (exact) mass is 437 g/mol. The van der Waals surface area contributed by atoms with Gasteiger partial charge in [-0.05, 0) is 62.7 Å². The van der Waals surface area contributed by atoms with Crippen molar-refractivity contribution in [2.75, 3.05) is 41.0 Å². The summed E-state index contributed by atoms with van der Waals surface area (Å²) in [6.45, 7) is 3.22. The molecular formula is C26H31NO5. The van der Waals surface area contributed by atoms with Gasteiger partial charge >= 0.3 is 5.63 Å². The lowest BCUT2D eigenvalue weighted by molar-refractivity contribution is 0.223. The molecule has 0 unspecified atom stereocenters. The Bertz CT molecular complexity index is 1100. The Kier molecular flexibility index (Phi) is 7.00. The summed E-state index contributed by atoms with van der Waals surface area (Å²) in [6, 6.07) is 13.2. The molecular weight excluding hydrogens is 406 g/mol. The Morgan fingerprint density at radius 2 is 1.62 bits per heavy atom. The van der Waals surface area contributed by atoms with E-state index in [-0.39, 0.29) is 5.92 Å². The zero-order chi connectivity index (χ0) is 22.5. The number of ether oxygens (including phenoxy) is 3. The van der Waals surface area contributed by atoms with Crippen molar-refractivity contribution in [3.63, 3.8) is 0 Å². The molecule has 170 valence electrons. The first-order chi connectivity index (χ1) is 15.6. The molecule has 0 aliphatic carbocycles. The molecule has 6 nitrogen and oxygen atoms in total. The maximum atomic E-state index is 12.2. The molecule has 0 spiro atoms. The second kappa shape index (κ2) is 10.1. The number of likely N-dealkylation sites (tertiary alicyclic amines) is 1. The van der Waals surface area contributed by atoms with Crippen LogP contribution in [0.5, 0.6) is 17.2 Å². The van der Waals surface area contributed by atoms with Gasteiger partial charge in [0.15, 0.2) is 0 Å². The highest BCUT2D eigenvalue weighted by atomic mass is 16.5. The van der Waals surface area contributed by atoms with Crippen molar-refractivity contribution in [2.24, 2.45) is 0 Å². The molecule has 3 aromatic rings. The highest BCUT2D eigenvalue weighted by molar-refractivity contribution is 5.89. The van der Waals surface area contributed by atoms with Gasteiger partial charge in [0.1, 0.15) is 22.8 Å². The van der Waals surface area contributed by atoms with Crippen LogP contribution >= 0.6 is 0 Å². The molecule has 4 rings (SSSR count). The average molecular weight is 438 g/mol. The summed E-state index contributed by atoms with van der Waals surface area (Å²) in [6.07, 6.45) is 4.68. The van der Waals surface area contributed by atoms with Gasteiger partial charge in [0.05, 0.1) is 26.7 Å². The van der Waals surface area contributed by atoms with Gasteiger partial charge in [0.25, 0.3) is 0 Å². The normalized spacial score (nSPS) is 15.5. The molecule has 1 fully saturated rings. The molecule has 1 saturated heterocycles. The number of methoxy groups -OCH3 is 3. The predicted molar refractivity (Wildman–Crippen MR) is 125 cm³/mol. The lowest BCUT2D eigenvalue weighted by Gasteiger charge is -2.29. The minimum atomic E-state index is -0.390. The minimum absolute atomic E-state index is 0.0169. The maximum absolute atomic E-state index is 12.2. The van der Waals surface area contributed by atoms with Crippen molar-refractivity contribution in [3.05, 3.63) is 64.0 Å². The van der Waals surface area contributed by atoms with E-state index < -0.39 is 5.63 Å². The standard InChI is InChI=1S/C26H31NO5/c1-29-19-9-7-18(8-10-19)20(13-16-27-14-5-4-6-15-27)25-23(31-3)17-22(30-2)21-11-12-24(28)32-26(21)25/h7-12,17,20H,4-6,13-16H2,1-3H3/t20-/m1/s1. The Balaban J connectivity index is 1.85. The Morgan fingerprint density at radius 3 is 2.28 bits per heavy atom. The van der Waals surface area contributed by atoms with Gasteiger partial charge in [-0.3, -0.25) is 0 Å². The first kappa shape index (κ1) is 22.2. The fourth-order valence-corrected chi connectivity index (χ4v) is 4.67. The predicted octanol–water partition coefficient (Wildman–Crippen LogP) is 4.83. The second-order valence-electron chi connectivity index (χ2n) is 8.21. The van der Waals surface area contributed by atoms with E-state index in [0.29, 0.717) is 17.1 Å². The van der Waals surface area contributed by atoms with E-state index in [9.17, 15) is 4.79 Å². The van der Waals surface area contributed by atoms with E-state index in [1.165, 1.54) is 25.3 Å². The molecule has 32 heavy (non-hydrogen) atoms. The first-order valence-electron chi connectivity index (χ1n) is 11.2. The summed E-state index contributed by atoms with van der Waals surface area (Å²) >= 11 is 0. The summed E-state index contributed by atoms with van der Waals surface area (Å²) in [4.78, 5) is 14.7. The van der Waals surface area contributed by atoms with Gasteiger partial charge < -0.3 is 23.5 Å². The fourth-order valence-electron chi connectivity index (χ4n) is 4.67. The highest BCUT2D eigenvalue weighted by Gasteiger charge is 2.26. The molecule has 0 saturated carbocycles. The molecule has 1 aliphatic heterocycles. The summed E-state index contributed by atoms with van der Waals surface area (Å²) in [5.41, 5.74) is 2.13. The minimum Gasteiger partial charge on any atom is -0.497 e. The average Bonchev–Trinajstić information content (AvgIpc) is 2.84. The van der Waals surface area contributed by atoms with E-state index in [2.05, 4.69) is 17.0 Å². The van der Waals surface area contributed by atoms with Crippen LogP contribution in [0, 0.1) is 0 Å². The number of rotatable bonds is 8. The molecule has 0 bridgehead atoms. The van der Waals surface area contributed by atoms with Crippen LogP contribution in [-0.2, 0) is 0 Å². The number of hydrogen-bond acceptors (Lipinski definition) is 6. The largest absolute Gasteiger partial charge is 0.497 e. The van der Waals surface area contributed by atoms with Gasteiger partial charge in [0, 0.05) is 23.6 Å². The van der Waals surface area contributed by atoms with Crippen molar-refractivity contribution in [1.29, 1.82) is 0 Å². The quantitative estimate of drug-likeness (QED) is 0.471. The van der Waals surface area contributed by atoms with Gasteiger partial charge in [0.2, 0.25) is 0 Å². The Morgan fingerprint density at radius 1 is 0.906 bits per heavy atom. The zero-order valence-corrected chi connectivity index (χ0v) is 19.1. The van der Waals surface area contributed by atoms with E-state index in [0.717, 1.165) is 48.3 Å². The van der Waals surface area contributed by atoms with E-state index in [4.69, 9.17) is 18.6 Å². The number of piperidine rings is 1. The second-order valence-corrected chi connectivity index (χ2v) is 8.21. The third kappa shape index (κ3) is 4.60. The summed E-state index contributed by atoms with van der Waals surface area (Å²) in [5.74, 6) is 2.07. The Hall–Kier alpha value is -2.99. The van der Waals surface area contributed by atoms with E-state index in [1.807, 2.05) is 18.2 Å². The molecule has 1 atom stereocenters. The lowest BCUT2D eigenvalue weighted by Crippen LogP contribution is -2.31. The topological polar surface area (TPSA) is 61.1 Å². The fraction of sp³-hybridized carbons (Fsp3) is 0.423. The third-order valence-corrected chi connectivity index (χ3v) is 6.36. The molecule has 2 aromatic carbocycles.